The Kier molecular flexibility index (Phi) is 6.15. The lowest BCUT2D eigenvalue weighted by molar-refractivity contribution is -0.132. The maximum absolute atomic E-state index is 14.0. The molecule has 1 atom stereocenters. The maximum Gasteiger partial charge on any atom is 0.301 e. The van der Waals surface area contributed by atoms with E-state index >= 15 is 0 Å². The van der Waals surface area contributed by atoms with Crippen LogP contribution in [0.1, 0.15) is 22.7 Å². The highest BCUT2D eigenvalue weighted by molar-refractivity contribution is 7.22. The number of pyridine rings is 1. The Labute approximate surface area is 218 Å². The van der Waals surface area contributed by atoms with Gasteiger partial charge >= 0.3 is 5.91 Å². The highest BCUT2D eigenvalue weighted by atomic mass is 35.5. The van der Waals surface area contributed by atoms with E-state index in [0.717, 1.165) is 11.3 Å². The van der Waals surface area contributed by atoms with Crippen LogP contribution in [0.2, 0.25) is 10.0 Å². The summed E-state index contributed by atoms with van der Waals surface area (Å²) in [5.74, 6) is -2.74. The molecule has 4 aromatic rings. The number of amides is 1. The molecular weight excluding hydrogens is 528 g/mol. The van der Waals surface area contributed by atoms with E-state index in [1.807, 2.05) is 0 Å². The van der Waals surface area contributed by atoms with Crippen molar-refractivity contribution in [3.8, 4) is 5.75 Å². The van der Waals surface area contributed by atoms with Crippen LogP contribution >= 0.6 is 34.5 Å². The van der Waals surface area contributed by atoms with Crippen LogP contribution in [0.25, 0.3) is 16.0 Å². The number of ketones is 1. The molecule has 3 heterocycles. The van der Waals surface area contributed by atoms with Gasteiger partial charge in [0.15, 0.2) is 5.13 Å². The van der Waals surface area contributed by atoms with Gasteiger partial charge in [0.1, 0.15) is 17.3 Å². The van der Waals surface area contributed by atoms with Crippen molar-refractivity contribution >= 4 is 67.3 Å². The molecule has 1 N–H and O–H groups in total. The number of aliphatic hydroxyl groups excluding tert-OH is 1. The number of nitrogens with zero attached hydrogens (tertiary/aromatic N) is 3. The predicted molar refractivity (Wildman–Crippen MR) is 136 cm³/mol. The molecule has 2 aromatic heterocycles. The van der Waals surface area contributed by atoms with E-state index < -0.39 is 29.3 Å². The number of hydrogen-bond donors (Lipinski definition) is 1. The lowest BCUT2D eigenvalue weighted by Gasteiger charge is -2.23. The molecule has 0 saturated carbocycles. The molecule has 1 fully saturated rings. The minimum Gasteiger partial charge on any atom is -0.507 e. The molecule has 0 radical (unpaired) electrons. The second-order valence-electron chi connectivity index (χ2n) is 8.01. The average Bonchev–Trinajstić information content (AvgIpc) is 3.36. The Hall–Kier alpha value is -3.53. The number of ether oxygens (including phenoxy) is 1. The van der Waals surface area contributed by atoms with Gasteiger partial charge in [-0.2, -0.15) is 0 Å². The molecule has 1 aliphatic heterocycles. The summed E-state index contributed by atoms with van der Waals surface area (Å²) in [6.07, 6.45) is 3.01. The molecule has 0 spiro atoms. The number of Topliss-reactive ketones (excluding diaryl/α,β-unsaturated/α-hetero) is 1. The van der Waals surface area contributed by atoms with Crippen molar-refractivity contribution < 1.29 is 23.8 Å². The topological polar surface area (TPSA) is 92.6 Å². The first-order valence-corrected chi connectivity index (χ1v) is 12.1. The van der Waals surface area contributed by atoms with E-state index in [4.69, 9.17) is 27.9 Å². The zero-order valence-electron chi connectivity index (χ0n) is 18.8. The van der Waals surface area contributed by atoms with Gasteiger partial charge in [-0.25, -0.2) is 9.37 Å². The maximum atomic E-state index is 14.0. The minimum atomic E-state index is -1.04. The number of carbonyl (C=O) groups excluding carboxylic acids is 2. The summed E-state index contributed by atoms with van der Waals surface area (Å²) in [6.45, 7) is 1.77. The van der Waals surface area contributed by atoms with Crippen LogP contribution in [0.15, 0.2) is 54.4 Å². The van der Waals surface area contributed by atoms with Crippen molar-refractivity contribution in [2.75, 3.05) is 12.0 Å². The van der Waals surface area contributed by atoms with E-state index in [9.17, 15) is 19.1 Å². The molecule has 0 bridgehead atoms. The number of thiazole rings is 1. The Morgan fingerprint density at radius 1 is 1.14 bits per heavy atom. The number of halogens is 3. The molecule has 1 saturated heterocycles. The molecule has 182 valence electrons. The first kappa shape index (κ1) is 24.2. The Bertz CT molecular complexity index is 1550. The van der Waals surface area contributed by atoms with Crippen LogP contribution in [0.4, 0.5) is 9.52 Å². The van der Waals surface area contributed by atoms with Crippen molar-refractivity contribution in [1.82, 2.24) is 9.97 Å². The molecule has 11 heteroatoms. The van der Waals surface area contributed by atoms with Gasteiger partial charge in [0.05, 0.1) is 44.6 Å². The highest BCUT2D eigenvalue weighted by Crippen LogP contribution is 2.46. The fourth-order valence-electron chi connectivity index (χ4n) is 4.16. The van der Waals surface area contributed by atoms with Gasteiger partial charge in [0, 0.05) is 12.4 Å². The first-order valence-electron chi connectivity index (χ1n) is 10.5. The normalized spacial score (nSPS) is 17.2. The third kappa shape index (κ3) is 3.89. The van der Waals surface area contributed by atoms with Crippen LogP contribution in [0.3, 0.4) is 0 Å². The molecule has 0 aliphatic carbocycles. The molecule has 7 nitrogen and oxygen atoms in total. The van der Waals surface area contributed by atoms with Crippen LogP contribution in [0, 0.1) is 12.7 Å². The Balaban J connectivity index is 1.77. The van der Waals surface area contributed by atoms with Gasteiger partial charge in [0.2, 0.25) is 0 Å². The number of carbonyl (C=O) groups is 2. The number of aromatic nitrogens is 2. The Morgan fingerprint density at radius 3 is 2.56 bits per heavy atom. The minimum absolute atomic E-state index is 0.115. The number of fused-ring (bicyclic) bond motifs is 1. The lowest BCUT2D eigenvalue weighted by Crippen LogP contribution is -2.29. The fraction of sp³-hybridized carbons (Fsp3) is 0.120. The monoisotopic (exact) mass is 543 g/mol. The van der Waals surface area contributed by atoms with Crippen LogP contribution < -0.4 is 9.64 Å². The molecule has 1 aliphatic rings. The standard InChI is InChI=1S/C25H16Cl2FN3O4S/c1-11-7-13(23(35-2)15(27)8-11)21(32)19-20(12-3-5-29-6-4-12)31(24(34)22(19)33)25-30-17-9-14(26)16(28)10-18(17)36-25/h3-10,20,32H,1-2H3/b21-19+. The number of hydrogen-bond acceptors (Lipinski definition) is 7. The molecule has 1 amide bonds. The number of aliphatic hydroxyl groups is 1. The highest BCUT2D eigenvalue weighted by Gasteiger charge is 2.48. The van der Waals surface area contributed by atoms with Gasteiger partial charge < -0.3 is 9.84 Å². The van der Waals surface area contributed by atoms with Crippen LogP contribution in [-0.4, -0.2) is 33.9 Å². The van der Waals surface area contributed by atoms with Crippen LogP contribution in [0.5, 0.6) is 5.75 Å². The molecule has 5 rings (SSSR count). The summed E-state index contributed by atoms with van der Waals surface area (Å²) in [4.78, 5) is 36.4. The summed E-state index contributed by atoms with van der Waals surface area (Å²) in [5, 5.41) is 11.7. The summed E-state index contributed by atoms with van der Waals surface area (Å²) in [7, 11) is 1.39. The lowest BCUT2D eigenvalue weighted by atomic mass is 9.95. The van der Waals surface area contributed by atoms with Crippen molar-refractivity contribution in [3.63, 3.8) is 0 Å². The van der Waals surface area contributed by atoms with Crippen molar-refractivity contribution in [2.24, 2.45) is 0 Å². The number of methoxy groups -OCH3 is 1. The quantitative estimate of drug-likeness (QED) is 0.190. The average molecular weight is 544 g/mol. The first-order chi connectivity index (χ1) is 17.2. The molecular formula is C25H16Cl2FN3O4S. The number of benzene rings is 2. The molecule has 1 unspecified atom stereocenters. The second kappa shape index (κ2) is 9.16. The number of anilines is 1. The van der Waals surface area contributed by atoms with Gasteiger partial charge in [-0.3, -0.25) is 19.5 Å². The Morgan fingerprint density at radius 2 is 1.86 bits per heavy atom. The fourth-order valence-corrected chi connectivity index (χ4v) is 5.67. The summed E-state index contributed by atoms with van der Waals surface area (Å²) < 4.78 is 19.9. The number of aryl methyl sites for hydroxylation is 1. The summed E-state index contributed by atoms with van der Waals surface area (Å²) in [5.41, 5.74) is 1.57. The van der Waals surface area contributed by atoms with Crippen LogP contribution in [-0.2, 0) is 9.59 Å². The van der Waals surface area contributed by atoms with Gasteiger partial charge in [-0.15, -0.1) is 0 Å². The van der Waals surface area contributed by atoms with E-state index in [2.05, 4.69) is 9.97 Å². The largest absolute Gasteiger partial charge is 0.507 e. The molecule has 36 heavy (non-hydrogen) atoms. The zero-order valence-corrected chi connectivity index (χ0v) is 21.1. The van der Waals surface area contributed by atoms with E-state index in [-0.39, 0.29) is 32.1 Å². The smallest absolute Gasteiger partial charge is 0.301 e. The molecule has 2 aromatic carbocycles. The third-order valence-corrected chi connectivity index (χ3v) is 7.33. The van der Waals surface area contributed by atoms with Crippen molar-refractivity contribution in [1.29, 1.82) is 0 Å². The number of rotatable bonds is 4. The van der Waals surface area contributed by atoms with Crippen molar-refractivity contribution in [2.45, 2.75) is 13.0 Å². The van der Waals surface area contributed by atoms with E-state index in [0.29, 0.717) is 21.3 Å². The SMILES string of the molecule is COc1c(Cl)cc(C)cc1/C(O)=C1\C(=O)C(=O)N(c2nc3cc(Cl)c(F)cc3s2)C1c1ccncc1. The third-order valence-electron chi connectivity index (χ3n) is 5.74. The van der Waals surface area contributed by atoms with E-state index in [1.54, 1.807) is 31.2 Å². The van der Waals surface area contributed by atoms with Gasteiger partial charge in [-0.1, -0.05) is 34.5 Å². The van der Waals surface area contributed by atoms with Gasteiger partial charge in [0.25, 0.3) is 5.78 Å². The summed E-state index contributed by atoms with van der Waals surface area (Å²) >= 11 is 13.2. The van der Waals surface area contributed by atoms with Gasteiger partial charge in [-0.05, 0) is 54.4 Å². The summed E-state index contributed by atoms with van der Waals surface area (Å²) in [6, 6.07) is 8.04. The van der Waals surface area contributed by atoms with E-state index in [1.165, 1.54) is 36.5 Å². The zero-order chi connectivity index (χ0) is 25.7. The predicted octanol–water partition coefficient (Wildman–Crippen LogP) is 6.08. The van der Waals surface area contributed by atoms with Crippen molar-refractivity contribution in [3.05, 3.63) is 86.9 Å². The second-order valence-corrected chi connectivity index (χ2v) is 9.83.